The van der Waals surface area contributed by atoms with Gasteiger partial charge in [-0.25, -0.2) is 4.90 Å². The van der Waals surface area contributed by atoms with Crippen molar-refractivity contribution in [2.45, 2.75) is 27.7 Å². The number of anilines is 2. The molecular formula is C26H23ClN2O2. The summed E-state index contributed by atoms with van der Waals surface area (Å²) in [6.45, 7) is 7.88. The molecule has 0 unspecified atom stereocenters. The second-order valence-corrected chi connectivity index (χ2v) is 8.36. The monoisotopic (exact) mass is 430 g/mol. The summed E-state index contributed by atoms with van der Waals surface area (Å²) < 4.78 is 0. The van der Waals surface area contributed by atoms with Gasteiger partial charge in [0.2, 0.25) is 0 Å². The summed E-state index contributed by atoms with van der Waals surface area (Å²) in [5, 5.41) is 3.80. The molecular weight excluding hydrogens is 408 g/mol. The molecule has 4 nitrogen and oxygen atoms in total. The molecule has 3 aromatic carbocycles. The molecule has 0 saturated carbocycles. The zero-order chi connectivity index (χ0) is 22.3. The van der Waals surface area contributed by atoms with Crippen LogP contribution < -0.4 is 10.2 Å². The van der Waals surface area contributed by atoms with E-state index in [9.17, 15) is 9.59 Å². The van der Waals surface area contributed by atoms with E-state index >= 15 is 0 Å². The van der Waals surface area contributed by atoms with E-state index in [-0.39, 0.29) is 17.5 Å². The minimum atomic E-state index is -0.372. The van der Waals surface area contributed by atoms with Crippen LogP contribution in [0.2, 0.25) is 5.02 Å². The van der Waals surface area contributed by atoms with Crippen molar-refractivity contribution in [1.29, 1.82) is 0 Å². The molecule has 156 valence electrons. The quantitative estimate of drug-likeness (QED) is 0.518. The molecule has 3 aromatic rings. The molecule has 4 rings (SSSR count). The first-order chi connectivity index (χ1) is 14.8. The minimum absolute atomic E-state index is 0.262. The number of carbonyl (C=O) groups excluding carboxylic acids is 2. The molecule has 0 aliphatic carbocycles. The average Bonchev–Trinajstić information content (AvgIpc) is 2.94. The number of nitrogens with zero attached hydrogens (tertiary/aromatic N) is 1. The Kier molecular flexibility index (Phi) is 5.42. The largest absolute Gasteiger partial charge is 0.350 e. The molecule has 0 aromatic heterocycles. The van der Waals surface area contributed by atoms with Crippen LogP contribution in [0.3, 0.4) is 0 Å². The first-order valence-electron chi connectivity index (χ1n) is 10.1. The first-order valence-corrected chi connectivity index (χ1v) is 10.4. The average molecular weight is 431 g/mol. The molecule has 5 heteroatoms. The molecule has 0 bridgehead atoms. The second-order valence-electron chi connectivity index (χ2n) is 7.92. The molecule has 31 heavy (non-hydrogen) atoms. The lowest BCUT2D eigenvalue weighted by Gasteiger charge is -2.19. The number of imide groups is 1. The predicted octanol–water partition coefficient (Wildman–Crippen LogP) is 5.97. The summed E-state index contributed by atoms with van der Waals surface area (Å²) >= 11 is 6.05. The maximum absolute atomic E-state index is 13.6. The number of benzene rings is 3. The highest BCUT2D eigenvalue weighted by molar-refractivity contribution is 6.46. The summed E-state index contributed by atoms with van der Waals surface area (Å²) in [6, 6.07) is 18.6. The van der Waals surface area contributed by atoms with Crippen molar-refractivity contribution in [1.82, 2.24) is 0 Å². The Morgan fingerprint density at radius 2 is 1.45 bits per heavy atom. The molecule has 1 N–H and O–H groups in total. The minimum Gasteiger partial charge on any atom is -0.350 e. The number of hydrogen-bond acceptors (Lipinski definition) is 3. The number of amides is 2. The van der Waals surface area contributed by atoms with Gasteiger partial charge in [-0.05, 0) is 85.8 Å². The van der Waals surface area contributed by atoms with Crippen molar-refractivity contribution in [3.63, 3.8) is 0 Å². The molecule has 2 amide bonds. The van der Waals surface area contributed by atoms with Crippen LogP contribution in [0.5, 0.6) is 0 Å². The number of aryl methyl sites for hydroxylation is 3. The summed E-state index contributed by atoms with van der Waals surface area (Å²) in [7, 11) is 0. The normalized spacial score (nSPS) is 13.9. The summed E-state index contributed by atoms with van der Waals surface area (Å²) in [6.07, 6.45) is 0. The Hall–Kier alpha value is -3.37. The molecule has 0 fully saturated rings. The maximum atomic E-state index is 13.6. The van der Waals surface area contributed by atoms with Gasteiger partial charge in [-0.2, -0.15) is 0 Å². The fourth-order valence-corrected chi connectivity index (χ4v) is 4.04. The van der Waals surface area contributed by atoms with Gasteiger partial charge in [-0.1, -0.05) is 41.9 Å². The summed E-state index contributed by atoms with van der Waals surface area (Å²) in [4.78, 5) is 28.4. The van der Waals surface area contributed by atoms with Gasteiger partial charge >= 0.3 is 0 Å². The number of hydrogen-bond donors (Lipinski definition) is 1. The fourth-order valence-electron chi connectivity index (χ4n) is 3.92. The predicted molar refractivity (Wildman–Crippen MR) is 126 cm³/mol. The molecule has 1 heterocycles. The Bertz CT molecular complexity index is 1220. The van der Waals surface area contributed by atoms with Gasteiger partial charge in [0, 0.05) is 10.7 Å². The van der Waals surface area contributed by atoms with E-state index in [0.29, 0.717) is 21.8 Å². The lowest BCUT2D eigenvalue weighted by molar-refractivity contribution is -0.120. The van der Waals surface area contributed by atoms with Crippen molar-refractivity contribution >= 4 is 40.4 Å². The molecule has 0 spiro atoms. The highest BCUT2D eigenvalue weighted by Gasteiger charge is 2.40. The Balaban J connectivity index is 1.86. The smallest absolute Gasteiger partial charge is 0.282 e. The van der Waals surface area contributed by atoms with E-state index in [4.69, 9.17) is 11.6 Å². The van der Waals surface area contributed by atoms with E-state index in [0.717, 1.165) is 27.9 Å². The van der Waals surface area contributed by atoms with Crippen LogP contribution in [0, 0.1) is 27.7 Å². The third-order valence-corrected chi connectivity index (χ3v) is 5.78. The zero-order valence-corrected chi connectivity index (χ0v) is 18.7. The van der Waals surface area contributed by atoms with Crippen molar-refractivity contribution in [3.05, 3.63) is 99.2 Å². The van der Waals surface area contributed by atoms with Gasteiger partial charge in [0.25, 0.3) is 11.8 Å². The topological polar surface area (TPSA) is 49.4 Å². The second kappa shape index (κ2) is 8.05. The van der Waals surface area contributed by atoms with Crippen LogP contribution in [0.15, 0.2) is 66.4 Å². The van der Waals surface area contributed by atoms with Gasteiger partial charge in [0.1, 0.15) is 5.70 Å². The van der Waals surface area contributed by atoms with Crippen LogP contribution in [0.25, 0.3) is 5.57 Å². The number of rotatable bonds is 4. The standard InChI is InChI=1S/C26H23ClN2O2/c1-15-12-16(2)14-21(13-15)28-24-23(19-8-10-20(27)11-9-19)25(30)29(26(24)31)22-7-5-6-17(3)18(22)4/h5-14,28H,1-4H3. The van der Waals surface area contributed by atoms with E-state index in [1.807, 2.05) is 52.0 Å². The van der Waals surface area contributed by atoms with Crippen molar-refractivity contribution < 1.29 is 9.59 Å². The van der Waals surface area contributed by atoms with Crippen molar-refractivity contribution in [2.75, 3.05) is 10.2 Å². The van der Waals surface area contributed by atoms with Crippen LogP contribution in [-0.4, -0.2) is 11.8 Å². The summed E-state index contributed by atoms with van der Waals surface area (Å²) in [5.74, 6) is -0.726. The molecule has 1 aliphatic heterocycles. The molecule has 0 saturated heterocycles. The van der Waals surface area contributed by atoms with E-state index in [1.165, 1.54) is 4.90 Å². The van der Waals surface area contributed by atoms with Crippen LogP contribution in [0.4, 0.5) is 11.4 Å². The number of halogens is 1. The van der Waals surface area contributed by atoms with Gasteiger partial charge < -0.3 is 5.32 Å². The number of carbonyl (C=O) groups is 2. The van der Waals surface area contributed by atoms with Crippen LogP contribution >= 0.6 is 11.6 Å². The SMILES string of the molecule is Cc1cc(C)cc(NC2=C(c3ccc(Cl)cc3)C(=O)N(c3cccc(C)c3C)C2=O)c1. The van der Waals surface area contributed by atoms with E-state index in [2.05, 4.69) is 11.4 Å². The molecule has 0 atom stereocenters. The lowest BCUT2D eigenvalue weighted by Crippen LogP contribution is -2.33. The highest BCUT2D eigenvalue weighted by Crippen LogP contribution is 2.36. The Morgan fingerprint density at radius 3 is 2.10 bits per heavy atom. The Morgan fingerprint density at radius 1 is 0.806 bits per heavy atom. The van der Waals surface area contributed by atoms with Crippen molar-refractivity contribution in [3.8, 4) is 0 Å². The number of nitrogens with one attached hydrogen (secondary N) is 1. The van der Waals surface area contributed by atoms with Gasteiger partial charge in [-0.3, -0.25) is 9.59 Å². The van der Waals surface area contributed by atoms with Crippen molar-refractivity contribution in [2.24, 2.45) is 0 Å². The van der Waals surface area contributed by atoms with Gasteiger partial charge in [0.05, 0.1) is 11.3 Å². The van der Waals surface area contributed by atoms with Gasteiger partial charge in [-0.15, -0.1) is 0 Å². The summed E-state index contributed by atoms with van der Waals surface area (Å²) in [5.41, 5.74) is 6.65. The third-order valence-electron chi connectivity index (χ3n) is 5.52. The van der Waals surface area contributed by atoms with E-state index in [1.54, 1.807) is 30.3 Å². The van der Waals surface area contributed by atoms with Crippen LogP contribution in [0.1, 0.15) is 27.8 Å². The fraction of sp³-hybridized carbons (Fsp3) is 0.154. The maximum Gasteiger partial charge on any atom is 0.282 e. The zero-order valence-electron chi connectivity index (χ0n) is 17.9. The van der Waals surface area contributed by atoms with Gasteiger partial charge in [0.15, 0.2) is 0 Å². The lowest BCUT2D eigenvalue weighted by atomic mass is 10.0. The van der Waals surface area contributed by atoms with E-state index < -0.39 is 0 Å². The Labute approximate surface area is 187 Å². The molecule has 1 aliphatic rings. The molecule has 0 radical (unpaired) electrons. The van der Waals surface area contributed by atoms with Crippen LogP contribution in [-0.2, 0) is 9.59 Å². The third kappa shape index (κ3) is 3.87. The highest BCUT2D eigenvalue weighted by atomic mass is 35.5. The first kappa shape index (κ1) is 20.9.